The largest absolute Gasteiger partial charge is 0.254 e. The smallest absolute Gasteiger partial charge is 0.164 e. The first-order valence-electron chi connectivity index (χ1n) is 15.1. The Morgan fingerprint density at radius 3 is 1.50 bits per heavy atom. The highest BCUT2D eigenvalue weighted by Gasteiger charge is 2.19. The average Bonchev–Trinajstić information content (AvgIpc) is 3.15. The zero-order valence-corrected chi connectivity index (χ0v) is 24.5. The standard InChI is InChI=1S/C40H24N6/c1-3-12-25(13-4-1)38-44-39(26-14-5-2-6-15-26)46-40(45-38)28-17-9-16-27(24-28)35-34-31-20-11-23-42-37(31)36-30(19-10-22-41-36)33(34)29-18-7-8-21-32(29)43-35/h1-24H. The predicted molar refractivity (Wildman–Crippen MR) is 185 cm³/mol. The van der Waals surface area contributed by atoms with Gasteiger partial charge in [-0.25, -0.2) is 19.9 Å². The third-order valence-corrected chi connectivity index (χ3v) is 8.36. The highest BCUT2D eigenvalue weighted by atomic mass is 15.0. The molecule has 6 nitrogen and oxygen atoms in total. The van der Waals surface area contributed by atoms with E-state index in [1.807, 2.05) is 103 Å². The molecule has 9 aromatic rings. The van der Waals surface area contributed by atoms with Crippen molar-refractivity contribution in [3.05, 3.63) is 146 Å². The molecule has 0 aliphatic heterocycles. The fraction of sp³-hybridized carbons (Fsp3) is 0. The van der Waals surface area contributed by atoms with Gasteiger partial charge in [0, 0.05) is 61.6 Å². The summed E-state index contributed by atoms with van der Waals surface area (Å²) in [5.74, 6) is 1.85. The predicted octanol–water partition coefficient (Wildman–Crippen LogP) is 9.34. The molecule has 0 radical (unpaired) electrons. The van der Waals surface area contributed by atoms with Gasteiger partial charge in [0.2, 0.25) is 0 Å². The molecule has 0 atom stereocenters. The molecule has 0 bridgehead atoms. The minimum absolute atomic E-state index is 0.598. The molecule has 4 aromatic heterocycles. The van der Waals surface area contributed by atoms with Crippen LogP contribution in [0.25, 0.3) is 88.9 Å². The van der Waals surface area contributed by atoms with Crippen LogP contribution in [0, 0.1) is 0 Å². The van der Waals surface area contributed by atoms with Crippen LogP contribution < -0.4 is 0 Å². The quantitative estimate of drug-likeness (QED) is 0.191. The molecule has 0 saturated carbocycles. The first-order chi connectivity index (χ1) is 22.8. The van der Waals surface area contributed by atoms with Gasteiger partial charge in [-0.2, -0.15) is 0 Å². The van der Waals surface area contributed by atoms with Crippen molar-refractivity contribution in [2.24, 2.45) is 0 Å². The molecule has 4 heterocycles. The van der Waals surface area contributed by atoms with Crippen LogP contribution in [0.2, 0.25) is 0 Å². The topological polar surface area (TPSA) is 77.3 Å². The minimum atomic E-state index is 0.598. The molecule has 0 spiro atoms. The Labute approximate surface area is 264 Å². The number of nitrogens with zero attached hydrogens (tertiary/aromatic N) is 6. The van der Waals surface area contributed by atoms with E-state index < -0.39 is 0 Å². The Kier molecular flexibility index (Phi) is 6.03. The van der Waals surface area contributed by atoms with E-state index in [9.17, 15) is 0 Å². The van der Waals surface area contributed by atoms with Crippen molar-refractivity contribution in [3.63, 3.8) is 0 Å². The van der Waals surface area contributed by atoms with Gasteiger partial charge in [0.1, 0.15) is 0 Å². The van der Waals surface area contributed by atoms with Crippen LogP contribution in [0.15, 0.2) is 146 Å². The number of fused-ring (bicyclic) bond motifs is 8. The lowest BCUT2D eigenvalue weighted by Crippen LogP contribution is -2.00. The van der Waals surface area contributed by atoms with Crippen LogP contribution in [0.4, 0.5) is 0 Å². The first-order valence-corrected chi connectivity index (χ1v) is 15.1. The summed E-state index contributed by atoms with van der Waals surface area (Å²) >= 11 is 0. The average molecular weight is 589 g/mol. The molecule has 6 heteroatoms. The number of para-hydroxylation sites is 1. The van der Waals surface area contributed by atoms with Gasteiger partial charge in [-0.1, -0.05) is 109 Å². The first kappa shape index (κ1) is 26.0. The maximum absolute atomic E-state index is 5.29. The number of hydrogen-bond donors (Lipinski definition) is 0. The summed E-state index contributed by atoms with van der Waals surface area (Å²) in [7, 11) is 0. The van der Waals surface area contributed by atoms with Crippen molar-refractivity contribution in [2.45, 2.75) is 0 Å². The number of hydrogen-bond acceptors (Lipinski definition) is 6. The van der Waals surface area contributed by atoms with E-state index in [0.29, 0.717) is 17.5 Å². The molecule has 0 amide bonds. The minimum Gasteiger partial charge on any atom is -0.254 e. The van der Waals surface area contributed by atoms with Gasteiger partial charge in [0.25, 0.3) is 0 Å². The number of benzene rings is 5. The third kappa shape index (κ3) is 4.27. The second kappa shape index (κ2) is 10.6. The van der Waals surface area contributed by atoms with Crippen molar-refractivity contribution in [2.75, 3.05) is 0 Å². The van der Waals surface area contributed by atoms with Crippen molar-refractivity contribution in [3.8, 4) is 45.4 Å². The summed E-state index contributed by atoms with van der Waals surface area (Å²) in [5.41, 5.74) is 7.24. The summed E-state index contributed by atoms with van der Waals surface area (Å²) in [6.07, 6.45) is 3.66. The third-order valence-electron chi connectivity index (χ3n) is 8.36. The van der Waals surface area contributed by atoms with Gasteiger partial charge in [-0.05, 0) is 24.3 Å². The van der Waals surface area contributed by atoms with E-state index in [1.54, 1.807) is 0 Å². The monoisotopic (exact) mass is 588 g/mol. The SMILES string of the molecule is c1ccc(-c2nc(-c3ccccc3)nc(-c3cccc(-c4nc5ccccc5c5c6cccnc6c6ncccc6c45)c3)n2)cc1. The Morgan fingerprint density at radius 2 is 0.848 bits per heavy atom. The molecular formula is C40H24N6. The Hall–Kier alpha value is -6.40. The molecule has 0 saturated heterocycles. The maximum atomic E-state index is 5.29. The van der Waals surface area contributed by atoms with Gasteiger partial charge >= 0.3 is 0 Å². The van der Waals surface area contributed by atoms with Crippen molar-refractivity contribution >= 4 is 43.5 Å². The van der Waals surface area contributed by atoms with Crippen molar-refractivity contribution in [1.82, 2.24) is 29.9 Å². The molecule has 0 fully saturated rings. The normalized spacial score (nSPS) is 11.5. The molecular weight excluding hydrogens is 564 g/mol. The van der Waals surface area contributed by atoms with Gasteiger partial charge in [0.05, 0.1) is 22.2 Å². The van der Waals surface area contributed by atoms with Crippen LogP contribution in [0.5, 0.6) is 0 Å². The molecule has 5 aromatic carbocycles. The van der Waals surface area contributed by atoms with Gasteiger partial charge < -0.3 is 0 Å². The zero-order valence-electron chi connectivity index (χ0n) is 24.5. The zero-order chi connectivity index (χ0) is 30.5. The summed E-state index contributed by atoms with van der Waals surface area (Å²) < 4.78 is 0. The molecule has 214 valence electrons. The Balaban J connectivity index is 1.33. The van der Waals surface area contributed by atoms with E-state index in [4.69, 9.17) is 29.9 Å². The van der Waals surface area contributed by atoms with Gasteiger partial charge in [0.15, 0.2) is 17.5 Å². The van der Waals surface area contributed by atoms with Crippen LogP contribution in [0.3, 0.4) is 0 Å². The molecule has 0 aliphatic rings. The Bertz CT molecular complexity index is 2530. The van der Waals surface area contributed by atoms with Crippen molar-refractivity contribution in [1.29, 1.82) is 0 Å². The summed E-state index contributed by atoms with van der Waals surface area (Å²) in [6.45, 7) is 0. The van der Waals surface area contributed by atoms with Crippen LogP contribution >= 0.6 is 0 Å². The fourth-order valence-corrected chi connectivity index (χ4v) is 6.30. The summed E-state index contributed by atoms with van der Waals surface area (Å²) in [5, 5.41) is 5.31. The van der Waals surface area contributed by atoms with Crippen LogP contribution in [0.1, 0.15) is 0 Å². The lowest BCUT2D eigenvalue weighted by atomic mass is 9.93. The summed E-state index contributed by atoms with van der Waals surface area (Å²) in [6, 6.07) is 44.9. The summed E-state index contributed by atoms with van der Waals surface area (Å²) in [4.78, 5) is 29.7. The second-order valence-corrected chi connectivity index (χ2v) is 11.1. The lowest BCUT2D eigenvalue weighted by Gasteiger charge is -2.15. The molecule has 9 rings (SSSR count). The molecule has 46 heavy (non-hydrogen) atoms. The lowest BCUT2D eigenvalue weighted by molar-refractivity contribution is 1.07. The molecule has 0 aliphatic carbocycles. The van der Waals surface area contributed by atoms with Gasteiger partial charge in [-0.3, -0.25) is 9.97 Å². The maximum Gasteiger partial charge on any atom is 0.164 e. The molecule has 0 N–H and O–H groups in total. The highest BCUT2D eigenvalue weighted by molar-refractivity contribution is 6.32. The van der Waals surface area contributed by atoms with Crippen molar-refractivity contribution < 1.29 is 0 Å². The number of rotatable bonds is 4. The Morgan fingerprint density at radius 1 is 0.348 bits per heavy atom. The van der Waals surface area contributed by atoms with Gasteiger partial charge in [-0.15, -0.1) is 0 Å². The fourth-order valence-electron chi connectivity index (χ4n) is 6.30. The van der Waals surface area contributed by atoms with E-state index in [2.05, 4.69) is 42.5 Å². The second-order valence-electron chi connectivity index (χ2n) is 11.1. The van der Waals surface area contributed by atoms with E-state index in [0.717, 1.165) is 71.4 Å². The van der Waals surface area contributed by atoms with E-state index in [1.165, 1.54) is 0 Å². The van der Waals surface area contributed by atoms with Crippen LogP contribution in [-0.2, 0) is 0 Å². The number of aromatic nitrogens is 6. The number of pyridine rings is 3. The van der Waals surface area contributed by atoms with E-state index in [-0.39, 0.29) is 0 Å². The van der Waals surface area contributed by atoms with Crippen LogP contribution in [-0.4, -0.2) is 29.9 Å². The van der Waals surface area contributed by atoms with E-state index >= 15 is 0 Å². The highest BCUT2D eigenvalue weighted by Crippen LogP contribution is 2.42. The molecule has 0 unspecified atom stereocenters.